The van der Waals surface area contributed by atoms with Gasteiger partial charge in [-0.3, -0.25) is 4.90 Å². The van der Waals surface area contributed by atoms with Crippen molar-refractivity contribution in [2.24, 2.45) is 0 Å². The van der Waals surface area contributed by atoms with Gasteiger partial charge < -0.3 is 18.8 Å². The molecule has 5 aromatic rings. The van der Waals surface area contributed by atoms with E-state index in [4.69, 9.17) is 14.2 Å². The molecule has 4 aromatic carbocycles. The largest absolute Gasteiger partial charge is 0.497 e. The first-order valence-corrected chi connectivity index (χ1v) is 15.2. The molecule has 214 valence electrons. The maximum Gasteiger partial charge on any atom is 0.120 e. The molecule has 0 atom stereocenters. The van der Waals surface area contributed by atoms with Gasteiger partial charge in [-0.25, -0.2) is 0 Å². The van der Waals surface area contributed by atoms with Gasteiger partial charge in [-0.15, -0.1) is 0 Å². The molecular formula is C37H38N2O3. The highest BCUT2D eigenvalue weighted by Gasteiger charge is 2.27. The molecule has 7 rings (SSSR count). The average molecular weight is 559 g/mol. The van der Waals surface area contributed by atoms with Crippen molar-refractivity contribution in [3.63, 3.8) is 0 Å². The summed E-state index contributed by atoms with van der Waals surface area (Å²) >= 11 is 0. The summed E-state index contributed by atoms with van der Waals surface area (Å²) in [6.45, 7) is 5.49. The van der Waals surface area contributed by atoms with Crippen molar-refractivity contribution in [3.05, 3.63) is 113 Å². The Bertz CT molecular complexity index is 1670. The van der Waals surface area contributed by atoms with Gasteiger partial charge in [0.25, 0.3) is 0 Å². The predicted octanol–water partition coefficient (Wildman–Crippen LogP) is 7.71. The van der Waals surface area contributed by atoms with Gasteiger partial charge in [-0.05, 0) is 96.7 Å². The lowest BCUT2D eigenvalue weighted by Gasteiger charge is -2.26. The number of hydrogen-bond acceptors (Lipinski definition) is 4. The molecule has 0 bridgehead atoms. The third-order valence-electron chi connectivity index (χ3n) is 8.71. The van der Waals surface area contributed by atoms with Crippen LogP contribution < -0.4 is 14.2 Å². The summed E-state index contributed by atoms with van der Waals surface area (Å²) in [6.07, 6.45) is 4.87. The van der Waals surface area contributed by atoms with Crippen molar-refractivity contribution in [2.75, 3.05) is 33.4 Å². The fraction of sp³-hybridized carbons (Fsp3) is 0.297. The number of aromatic nitrogens is 1. The maximum absolute atomic E-state index is 6.24. The summed E-state index contributed by atoms with van der Waals surface area (Å²) in [7, 11) is 1.73. The average Bonchev–Trinajstić information content (AvgIpc) is 3.56. The van der Waals surface area contributed by atoms with E-state index in [-0.39, 0.29) is 0 Å². The molecule has 1 aromatic heterocycles. The Morgan fingerprint density at radius 2 is 1.50 bits per heavy atom. The Hall–Kier alpha value is -4.22. The van der Waals surface area contributed by atoms with Gasteiger partial charge >= 0.3 is 0 Å². The van der Waals surface area contributed by atoms with Crippen molar-refractivity contribution >= 4 is 10.9 Å². The minimum absolute atomic E-state index is 0.555. The normalized spacial score (nSPS) is 14.5. The van der Waals surface area contributed by atoms with Gasteiger partial charge in [-0.1, -0.05) is 48.9 Å². The van der Waals surface area contributed by atoms with Crippen LogP contribution >= 0.6 is 0 Å². The van der Waals surface area contributed by atoms with E-state index in [1.165, 1.54) is 76.8 Å². The van der Waals surface area contributed by atoms with E-state index >= 15 is 0 Å². The van der Waals surface area contributed by atoms with Crippen molar-refractivity contribution in [1.29, 1.82) is 0 Å². The Morgan fingerprint density at radius 3 is 2.31 bits per heavy atom. The van der Waals surface area contributed by atoms with Crippen LogP contribution in [-0.4, -0.2) is 42.8 Å². The van der Waals surface area contributed by atoms with Gasteiger partial charge in [0.05, 0.1) is 12.8 Å². The lowest BCUT2D eigenvalue weighted by molar-refractivity contribution is 0.183. The third-order valence-corrected chi connectivity index (χ3v) is 8.71. The molecule has 0 unspecified atom stereocenters. The molecule has 1 fully saturated rings. The third kappa shape index (κ3) is 5.49. The van der Waals surface area contributed by atoms with Gasteiger partial charge in [0.1, 0.15) is 30.5 Å². The molecule has 0 saturated carbocycles. The topological polar surface area (TPSA) is 35.9 Å². The zero-order valence-corrected chi connectivity index (χ0v) is 24.4. The predicted molar refractivity (Wildman–Crippen MR) is 169 cm³/mol. The van der Waals surface area contributed by atoms with E-state index in [0.29, 0.717) is 6.61 Å². The number of methoxy groups -OCH3 is 1. The van der Waals surface area contributed by atoms with E-state index in [0.717, 1.165) is 43.4 Å². The van der Waals surface area contributed by atoms with Crippen molar-refractivity contribution in [2.45, 2.75) is 38.8 Å². The maximum atomic E-state index is 6.24. The molecule has 1 saturated heterocycles. The minimum Gasteiger partial charge on any atom is -0.497 e. The van der Waals surface area contributed by atoms with Gasteiger partial charge in [-0.2, -0.15) is 0 Å². The summed E-state index contributed by atoms with van der Waals surface area (Å²) in [6, 6.07) is 32.0. The summed E-state index contributed by atoms with van der Waals surface area (Å²) in [5.41, 5.74) is 8.90. The first-order chi connectivity index (χ1) is 20.7. The lowest BCUT2D eigenvalue weighted by atomic mass is 10.1. The number of hydrogen-bond donors (Lipinski definition) is 0. The molecular weight excluding hydrogens is 520 g/mol. The first-order valence-electron chi connectivity index (χ1n) is 15.2. The Labute approximate surface area is 248 Å². The fourth-order valence-electron chi connectivity index (χ4n) is 6.50. The summed E-state index contributed by atoms with van der Waals surface area (Å²) in [4.78, 5) is 2.52. The van der Waals surface area contributed by atoms with E-state index in [9.17, 15) is 0 Å². The molecule has 5 heteroatoms. The molecule has 2 aliphatic rings. The van der Waals surface area contributed by atoms with Crippen molar-refractivity contribution < 1.29 is 14.2 Å². The van der Waals surface area contributed by atoms with Crippen LogP contribution in [0.15, 0.2) is 91.0 Å². The molecule has 0 radical (unpaired) electrons. The van der Waals surface area contributed by atoms with Crippen molar-refractivity contribution in [1.82, 2.24) is 9.47 Å². The van der Waals surface area contributed by atoms with Gasteiger partial charge in [0, 0.05) is 36.0 Å². The standard InChI is InChI=1S/C37H38N2O3/c1-40-31-14-16-33-29(22-31)23-35-34-24-32(42-26-28-8-4-2-5-9-28)15-17-36(34)39(37(33)35)25-27-10-12-30(13-11-27)41-21-20-38-18-6-3-7-19-38/h2,4-5,8-17,22,24H,3,6-7,18-21,23,25-26H2,1H3. The van der Waals surface area contributed by atoms with E-state index in [1.54, 1.807) is 7.11 Å². The number of benzene rings is 4. The number of nitrogens with zero attached hydrogens (tertiary/aromatic N) is 2. The quantitative estimate of drug-likeness (QED) is 0.173. The second kappa shape index (κ2) is 11.9. The number of fused-ring (bicyclic) bond motifs is 5. The number of likely N-dealkylation sites (tertiary alicyclic amines) is 1. The van der Waals surface area contributed by atoms with Crippen LogP contribution in [0.4, 0.5) is 0 Å². The Balaban J connectivity index is 1.15. The lowest BCUT2D eigenvalue weighted by Crippen LogP contribution is -2.33. The molecule has 42 heavy (non-hydrogen) atoms. The zero-order chi connectivity index (χ0) is 28.3. The zero-order valence-electron chi connectivity index (χ0n) is 24.4. The molecule has 0 N–H and O–H groups in total. The second-order valence-electron chi connectivity index (χ2n) is 11.5. The number of rotatable bonds is 10. The highest BCUT2D eigenvalue weighted by molar-refractivity contribution is 5.96. The van der Waals surface area contributed by atoms with Crippen LogP contribution in [0.1, 0.15) is 41.5 Å². The van der Waals surface area contributed by atoms with Crippen LogP contribution in [0, 0.1) is 0 Å². The Kier molecular flexibility index (Phi) is 7.58. The molecule has 2 heterocycles. The smallest absolute Gasteiger partial charge is 0.120 e. The van der Waals surface area contributed by atoms with E-state index in [1.807, 2.05) is 6.07 Å². The Morgan fingerprint density at radius 1 is 0.714 bits per heavy atom. The van der Waals surface area contributed by atoms with Crippen LogP contribution in [0.3, 0.4) is 0 Å². The molecule has 0 amide bonds. The summed E-state index contributed by atoms with van der Waals surface area (Å²) < 4.78 is 20.4. The highest BCUT2D eigenvalue weighted by Crippen LogP contribution is 2.45. The number of piperidine rings is 1. The first kappa shape index (κ1) is 26.7. The van der Waals surface area contributed by atoms with E-state index < -0.39 is 0 Å². The fourth-order valence-corrected chi connectivity index (χ4v) is 6.50. The monoisotopic (exact) mass is 558 g/mol. The summed E-state index contributed by atoms with van der Waals surface area (Å²) in [5, 5.41) is 1.25. The van der Waals surface area contributed by atoms with Crippen molar-refractivity contribution in [3.8, 4) is 28.5 Å². The molecule has 1 aliphatic heterocycles. The van der Waals surface area contributed by atoms with Crippen LogP contribution in [-0.2, 0) is 19.6 Å². The molecule has 0 spiro atoms. The minimum atomic E-state index is 0.555. The second-order valence-corrected chi connectivity index (χ2v) is 11.5. The van der Waals surface area contributed by atoms with E-state index in [2.05, 4.69) is 94.4 Å². The SMILES string of the molecule is COc1ccc2c(c1)Cc1c-2n(Cc2ccc(OCCN3CCCCC3)cc2)c2ccc(OCc3ccccc3)cc12. The molecule has 1 aliphatic carbocycles. The van der Waals surface area contributed by atoms with Gasteiger partial charge in [0.15, 0.2) is 0 Å². The highest BCUT2D eigenvalue weighted by atomic mass is 16.5. The van der Waals surface area contributed by atoms with Crippen LogP contribution in [0.2, 0.25) is 0 Å². The van der Waals surface area contributed by atoms with Gasteiger partial charge in [0.2, 0.25) is 0 Å². The molecule has 5 nitrogen and oxygen atoms in total. The van der Waals surface area contributed by atoms with Crippen LogP contribution in [0.25, 0.3) is 22.2 Å². The van der Waals surface area contributed by atoms with Crippen LogP contribution in [0.5, 0.6) is 17.2 Å². The number of ether oxygens (including phenoxy) is 3. The summed E-state index contributed by atoms with van der Waals surface area (Å²) in [5.74, 6) is 2.74.